The van der Waals surface area contributed by atoms with E-state index in [0.29, 0.717) is 5.92 Å². The Kier molecular flexibility index (Phi) is 5.21. The Morgan fingerprint density at radius 3 is 2.23 bits per heavy atom. The fraction of sp³-hybridized carbons (Fsp3) is 0.105. The van der Waals surface area contributed by atoms with Gasteiger partial charge in [0.25, 0.3) is 0 Å². The first-order valence-corrected chi connectivity index (χ1v) is 14.4. The Bertz CT molecular complexity index is 2010. The fourth-order valence-corrected chi connectivity index (χ4v) is 7.27. The van der Waals surface area contributed by atoms with Gasteiger partial charge in [0.2, 0.25) is 0 Å². The molecular weight excluding hydrogens is 506 g/mol. The SMILES string of the molecule is CC1(c2ccccc2C2=CCC(c3ccc(Cl)cc3)C=C2)c2ccccc2-n2c3ccccc3c3cccc1c32. The molecule has 0 radical (unpaired) electrons. The monoisotopic (exact) mass is 533 g/mol. The minimum Gasteiger partial charge on any atom is -0.309 e. The van der Waals surface area contributed by atoms with Gasteiger partial charge in [0.1, 0.15) is 0 Å². The van der Waals surface area contributed by atoms with E-state index in [1.807, 2.05) is 12.1 Å². The molecule has 1 aliphatic carbocycles. The molecule has 1 nitrogen and oxygen atoms in total. The van der Waals surface area contributed by atoms with Crippen LogP contribution in [-0.2, 0) is 5.41 Å². The highest BCUT2D eigenvalue weighted by Crippen LogP contribution is 2.52. The molecule has 1 aliphatic heterocycles. The maximum atomic E-state index is 6.15. The van der Waals surface area contributed by atoms with E-state index in [1.54, 1.807) is 0 Å². The molecule has 2 aliphatic rings. The molecule has 0 N–H and O–H groups in total. The zero-order valence-corrected chi connectivity index (χ0v) is 23.1. The molecule has 5 aromatic carbocycles. The standard InChI is InChI=1S/C38H28ClN/c1-38(32-12-4-2-9-29(32)27-19-17-25(18-20-27)26-21-23-28(39)24-22-26)33-13-5-7-16-36(33)40-35-15-6-3-10-30(35)31-11-8-14-34(38)37(31)40/h2-17,19-25H,18H2,1H3. The third-order valence-corrected chi connectivity index (χ3v) is 9.34. The van der Waals surface area contributed by atoms with Gasteiger partial charge in [-0.1, -0.05) is 121 Å². The summed E-state index contributed by atoms with van der Waals surface area (Å²) < 4.78 is 2.48. The summed E-state index contributed by atoms with van der Waals surface area (Å²) in [6, 6.07) is 41.9. The maximum absolute atomic E-state index is 6.15. The summed E-state index contributed by atoms with van der Waals surface area (Å²) in [4.78, 5) is 0. The molecule has 6 aromatic rings. The van der Waals surface area contributed by atoms with Crippen LogP contribution in [0.4, 0.5) is 0 Å². The maximum Gasteiger partial charge on any atom is 0.0585 e. The summed E-state index contributed by atoms with van der Waals surface area (Å²) in [7, 11) is 0. The fourth-order valence-electron chi connectivity index (χ4n) is 7.15. The molecule has 2 heteroatoms. The Morgan fingerprint density at radius 1 is 0.700 bits per heavy atom. The van der Waals surface area contributed by atoms with Crippen molar-refractivity contribution in [1.29, 1.82) is 0 Å². The van der Waals surface area contributed by atoms with Crippen LogP contribution in [0.3, 0.4) is 0 Å². The molecule has 0 saturated heterocycles. The molecule has 0 bridgehead atoms. The third kappa shape index (κ3) is 3.28. The number of benzene rings is 5. The zero-order valence-electron chi connectivity index (χ0n) is 22.3. The van der Waals surface area contributed by atoms with Crippen LogP contribution in [0.25, 0.3) is 33.1 Å². The largest absolute Gasteiger partial charge is 0.309 e. The smallest absolute Gasteiger partial charge is 0.0585 e. The van der Waals surface area contributed by atoms with E-state index in [1.165, 1.54) is 60.9 Å². The average molecular weight is 534 g/mol. The zero-order chi connectivity index (χ0) is 26.8. The van der Waals surface area contributed by atoms with Crippen LogP contribution in [0.15, 0.2) is 133 Å². The quantitative estimate of drug-likeness (QED) is 0.213. The van der Waals surface area contributed by atoms with Crippen molar-refractivity contribution in [1.82, 2.24) is 4.57 Å². The van der Waals surface area contributed by atoms with Crippen LogP contribution in [0, 0.1) is 0 Å². The van der Waals surface area contributed by atoms with Crippen LogP contribution in [0.2, 0.25) is 5.02 Å². The van der Waals surface area contributed by atoms with E-state index in [-0.39, 0.29) is 5.41 Å². The molecule has 192 valence electrons. The van der Waals surface area contributed by atoms with Crippen LogP contribution < -0.4 is 0 Å². The summed E-state index contributed by atoms with van der Waals surface area (Å²) in [5.74, 6) is 0.364. The third-order valence-electron chi connectivity index (χ3n) is 9.09. The van der Waals surface area contributed by atoms with Crippen molar-refractivity contribution in [2.75, 3.05) is 0 Å². The molecule has 1 aromatic heterocycles. The number of nitrogens with zero attached hydrogens (tertiary/aromatic N) is 1. The van der Waals surface area contributed by atoms with Gasteiger partial charge in [-0.05, 0) is 71.0 Å². The summed E-state index contributed by atoms with van der Waals surface area (Å²) in [6.45, 7) is 2.42. The van der Waals surface area contributed by atoms with E-state index < -0.39 is 0 Å². The van der Waals surface area contributed by atoms with Crippen molar-refractivity contribution in [2.45, 2.75) is 24.7 Å². The van der Waals surface area contributed by atoms with Gasteiger partial charge in [-0.15, -0.1) is 0 Å². The van der Waals surface area contributed by atoms with Gasteiger partial charge in [-0.25, -0.2) is 0 Å². The second-order valence-electron chi connectivity index (χ2n) is 11.2. The lowest BCUT2D eigenvalue weighted by molar-refractivity contribution is 0.677. The number of hydrogen-bond acceptors (Lipinski definition) is 0. The highest BCUT2D eigenvalue weighted by Gasteiger charge is 2.41. The van der Waals surface area contributed by atoms with Crippen LogP contribution in [-0.4, -0.2) is 4.57 Å². The second-order valence-corrected chi connectivity index (χ2v) is 11.6. The lowest BCUT2D eigenvalue weighted by Gasteiger charge is -2.39. The molecule has 40 heavy (non-hydrogen) atoms. The van der Waals surface area contributed by atoms with Gasteiger partial charge in [0.15, 0.2) is 0 Å². The molecule has 8 rings (SSSR count). The summed E-state index contributed by atoms with van der Waals surface area (Å²) in [6.07, 6.45) is 8.05. The summed E-state index contributed by atoms with van der Waals surface area (Å²) in [5, 5.41) is 3.40. The summed E-state index contributed by atoms with van der Waals surface area (Å²) in [5.41, 5.74) is 11.4. The Labute approximate surface area is 239 Å². The van der Waals surface area contributed by atoms with Gasteiger partial charge in [-0.3, -0.25) is 0 Å². The second kappa shape index (κ2) is 8.84. The minimum atomic E-state index is -0.321. The Balaban J connectivity index is 1.33. The Morgan fingerprint density at radius 2 is 1.40 bits per heavy atom. The lowest BCUT2D eigenvalue weighted by atomic mass is 9.66. The predicted octanol–water partition coefficient (Wildman–Crippen LogP) is 10.2. The first-order chi connectivity index (χ1) is 19.6. The van der Waals surface area contributed by atoms with E-state index in [0.717, 1.165) is 11.4 Å². The molecule has 2 atom stereocenters. The average Bonchev–Trinajstić information content (AvgIpc) is 3.36. The van der Waals surface area contributed by atoms with Crippen molar-refractivity contribution in [3.63, 3.8) is 0 Å². The summed E-state index contributed by atoms with van der Waals surface area (Å²) >= 11 is 6.15. The molecule has 2 heterocycles. The number of aromatic nitrogens is 1. The van der Waals surface area contributed by atoms with Gasteiger partial charge in [0, 0.05) is 27.1 Å². The van der Waals surface area contributed by atoms with Gasteiger partial charge in [0.05, 0.1) is 16.7 Å². The van der Waals surface area contributed by atoms with Crippen molar-refractivity contribution >= 4 is 39.0 Å². The van der Waals surface area contributed by atoms with E-state index >= 15 is 0 Å². The highest BCUT2D eigenvalue weighted by molar-refractivity contribution is 6.30. The van der Waals surface area contributed by atoms with Gasteiger partial charge >= 0.3 is 0 Å². The van der Waals surface area contributed by atoms with E-state index in [4.69, 9.17) is 11.6 Å². The van der Waals surface area contributed by atoms with Gasteiger partial charge in [-0.2, -0.15) is 0 Å². The van der Waals surface area contributed by atoms with E-state index in [9.17, 15) is 0 Å². The number of allylic oxidation sites excluding steroid dienone is 4. The number of halogens is 1. The molecule has 2 unspecified atom stereocenters. The number of fused-ring (bicyclic) bond motifs is 5. The molecule has 0 amide bonds. The first kappa shape index (κ1) is 23.5. The highest BCUT2D eigenvalue weighted by atomic mass is 35.5. The van der Waals surface area contributed by atoms with Crippen molar-refractivity contribution < 1.29 is 0 Å². The lowest BCUT2D eigenvalue weighted by Crippen LogP contribution is -2.32. The van der Waals surface area contributed by atoms with Crippen molar-refractivity contribution in [3.05, 3.63) is 166 Å². The first-order valence-electron chi connectivity index (χ1n) is 14.0. The normalized spacial score (nSPS) is 19.6. The predicted molar refractivity (Wildman–Crippen MR) is 169 cm³/mol. The van der Waals surface area contributed by atoms with E-state index in [2.05, 4.69) is 133 Å². The van der Waals surface area contributed by atoms with Crippen molar-refractivity contribution in [2.24, 2.45) is 0 Å². The number of rotatable bonds is 3. The van der Waals surface area contributed by atoms with Crippen LogP contribution in [0.1, 0.15) is 47.1 Å². The molecule has 0 spiro atoms. The topological polar surface area (TPSA) is 4.93 Å². The molecule has 0 saturated carbocycles. The van der Waals surface area contributed by atoms with Gasteiger partial charge < -0.3 is 4.57 Å². The Hall–Kier alpha value is -4.33. The minimum absolute atomic E-state index is 0.321. The van der Waals surface area contributed by atoms with Crippen LogP contribution in [0.5, 0.6) is 0 Å². The number of para-hydroxylation sites is 3. The molecular formula is C38H28ClN. The molecule has 0 fully saturated rings. The van der Waals surface area contributed by atoms with Crippen molar-refractivity contribution in [3.8, 4) is 5.69 Å². The number of hydrogen-bond donors (Lipinski definition) is 0. The van der Waals surface area contributed by atoms with Crippen LogP contribution >= 0.6 is 11.6 Å².